The van der Waals surface area contributed by atoms with Crippen LogP contribution in [-0.4, -0.2) is 5.54 Å². The van der Waals surface area contributed by atoms with E-state index in [0.29, 0.717) is 0 Å². The number of anilines is 1. The normalized spacial score (nSPS) is 16.8. The third kappa shape index (κ3) is 2.95. The van der Waals surface area contributed by atoms with Crippen molar-refractivity contribution >= 4 is 11.3 Å². The number of allylic oxidation sites excluding steroid dienone is 1. The molecule has 0 saturated carbocycles. The Kier molecular flexibility index (Phi) is 3.79. The van der Waals surface area contributed by atoms with Crippen molar-refractivity contribution in [1.82, 2.24) is 0 Å². The lowest BCUT2D eigenvalue weighted by Gasteiger charge is -2.34. The van der Waals surface area contributed by atoms with Gasteiger partial charge in [-0.05, 0) is 68.4 Å². The van der Waals surface area contributed by atoms with E-state index in [-0.39, 0.29) is 5.54 Å². The average molecular weight is 243 g/mol. The smallest absolute Gasteiger partial charge is 0.0377 e. The lowest BCUT2D eigenvalue weighted by molar-refractivity contribution is 0.502. The topological polar surface area (TPSA) is 12.0 Å². The van der Waals surface area contributed by atoms with Gasteiger partial charge in [0, 0.05) is 11.2 Å². The summed E-state index contributed by atoms with van der Waals surface area (Å²) in [5.41, 5.74) is 5.59. The summed E-state index contributed by atoms with van der Waals surface area (Å²) in [4.78, 5) is 0. The lowest BCUT2D eigenvalue weighted by Crippen LogP contribution is -2.35. The Bertz CT molecular complexity index is 443. The van der Waals surface area contributed by atoms with Gasteiger partial charge in [-0.25, -0.2) is 0 Å². The number of hydrogen-bond acceptors (Lipinski definition) is 1. The molecule has 1 aliphatic rings. The molecule has 0 amide bonds. The Morgan fingerprint density at radius 3 is 2.89 bits per heavy atom. The van der Waals surface area contributed by atoms with E-state index in [4.69, 9.17) is 0 Å². The minimum absolute atomic E-state index is 0.230. The highest BCUT2D eigenvalue weighted by Crippen LogP contribution is 2.32. The molecule has 1 heterocycles. The molecule has 1 aromatic carbocycles. The summed E-state index contributed by atoms with van der Waals surface area (Å²) >= 11 is 0. The van der Waals surface area contributed by atoms with Crippen molar-refractivity contribution in [1.29, 1.82) is 0 Å². The fourth-order valence-electron chi connectivity index (χ4n) is 2.55. The summed E-state index contributed by atoms with van der Waals surface area (Å²) in [5.74, 6) is 0. The second-order valence-electron chi connectivity index (χ2n) is 6.09. The van der Waals surface area contributed by atoms with E-state index in [0.717, 1.165) is 6.42 Å². The molecule has 98 valence electrons. The van der Waals surface area contributed by atoms with Gasteiger partial charge in [0.25, 0.3) is 0 Å². The van der Waals surface area contributed by atoms with Crippen molar-refractivity contribution < 1.29 is 0 Å². The molecular weight excluding hydrogens is 218 g/mol. The van der Waals surface area contributed by atoms with Crippen LogP contribution in [0.2, 0.25) is 0 Å². The number of nitrogens with one attached hydrogen (secondary N) is 1. The average Bonchev–Trinajstić information content (AvgIpc) is 2.34. The SMILES string of the molecule is C=C(CCCC)c1ccc2c(c1)CCC(C)(C)N2. The van der Waals surface area contributed by atoms with Crippen molar-refractivity contribution in [2.45, 2.75) is 58.4 Å². The van der Waals surface area contributed by atoms with Crippen LogP contribution in [0, 0.1) is 0 Å². The zero-order valence-electron chi connectivity index (χ0n) is 12.0. The summed E-state index contributed by atoms with van der Waals surface area (Å²) in [6.07, 6.45) is 5.96. The van der Waals surface area contributed by atoms with Gasteiger partial charge in [0.05, 0.1) is 0 Å². The van der Waals surface area contributed by atoms with Crippen molar-refractivity contribution in [3.63, 3.8) is 0 Å². The monoisotopic (exact) mass is 243 g/mol. The largest absolute Gasteiger partial charge is 0.380 e. The molecule has 1 aliphatic heterocycles. The van der Waals surface area contributed by atoms with E-state index in [1.54, 1.807) is 0 Å². The molecule has 1 aromatic rings. The van der Waals surface area contributed by atoms with E-state index < -0.39 is 0 Å². The van der Waals surface area contributed by atoms with E-state index >= 15 is 0 Å². The highest BCUT2D eigenvalue weighted by Gasteiger charge is 2.23. The van der Waals surface area contributed by atoms with Gasteiger partial charge in [0.2, 0.25) is 0 Å². The highest BCUT2D eigenvalue weighted by molar-refractivity contribution is 5.68. The molecule has 0 radical (unpaired) electrons. The first-order valence-corrected chi connectivity index (χ1v) is 7.11. The van der Waals surface area contributed by atoms with Gasteiger partial charge < -0.3 is 5.32 Å². The molecule has 0 aromatic heterocycles. The number of fused-ring (bicyclic) bond motifs is 1. The van der Waals surface area contributed by atoms with E-state index in [9.17, 15) is 0 Å². The molecule has 0 aliphatic carbocycles. The fourth-order valence-corrected chi connectivity index (χ4v) is 2.55. The minimum atomic E-state index is 0.230. The van der Waals surface area contributed by atoms with Gasteiger partial charge in [-0.1, -0.05) is 26.0 Å². The van der Waals surface area contributed by atoms with Gasteiger partial charge in [0.1, 0.15) is 0 Å². The number of aryl methyl sites for hydroxylation is 1. The van der Waals surface area contributed by atoms with Crippen LogP contribution in [0.25, 0.3) is 5.57 Å². The molecule has 1 nitrogen and oxygen atoms in total. The van der Waals surface area contributed by atoms with E-state index in [1.165, 1.54) is 48.1 Å². The predicted octanol–water partition coefficient (Wildman–Crippen LogP) is 5.03. The number of hydrogen-bond donors (Lipinski definition) is 1. The quantitative estimate of drug-likeness (QED) is 0.782. The Balaban J connectivity index is 2.16. The van der Waals surface area contributed by atoms with E-state index in [2.05, 4.69) is 50.9 Å². The summed E-state index contributed by atoms with van der Waals surface area (Å²) in [6.45, 7) is 11.0. The van der Waals surface area contributed by atoms with Gasteiger partial charge in [-0.3, -0.25) is 0 Å². The van der Waals surface area contributed by atoms with Gasteiger partial charge in [-0.15, -0.1) is 0 Å². The van der Waals surface area contributed by atoms with Crippen LogP contribution in [-0.2, 0) is 6.42 Å². The maximum atomic E-state index is 4.22. The molecule has 0 spiro atoms. The van der Waals surface area contributed by atoms with Crippen molar-refractivity contribution in [2.75, 3.05) is 5.32 Å². The molecular formula is C17H25N. The molecule has 2 rings (SSSR count). The molecule has 0 fully saturated rings. The third-order valence-corrected chi connectivity index (χ3v) is 3.84. The predicted molar refractivity (Wildman–Crippen MR) is 81.0 cm³/mol. The second-order valence-corrected chi connectivity index (χ2v) is 6.09. The Morgan fingerprint density at radius 2 is 2.17 bits per heavy atom. The highest BCUT2D eigenvalue weighted by atomic mass is 15.0. The standard InChI is InChI=1S/C17H25N/c1-5-6-7-13(2)14-8-9-16-15(12-14)10-11-17(3,4)18-16/h8-9,12,18H,2,5-7,10-11H2,1,3-4H3. The zero-order valence-corrected chi connectivity index (χ0v) is 12.0. The molecule has 18 heavy (non-hydrogen) atoms. The Labute approximate surface area is 111 Å². The van der Waals surface area contributed by atoms with Crippen LogP contribution >= 0.6 is 0 Å². The summed E-state index contributed by atoms with van der Waals surface area (Å²) < 4.78 is 0. The van der Waals surface area contributed by atoms with E-state index in [1.807, 2.05) is 0 Å². The molecule has 0 unspecified atom stereocenters. The number of benzene rings is 1. The summed E-state index contributed by atoms with van der Waals surface area (Å²) in [7, 11) is 0. The van der Waals surface area contributed by atoms with Crippen LogP contribution < -0.4 is 5.32 Å². The van der Waals surface area contributed by atoms with Crippen molar-refractivity contribution in [3.8, 4) is 0 Å². The van der Waals surface area contributed by atoms with Crippen molar-refractivity contribution in [3.05, 3.63) is 35.9 Å². The van der Waals surface area contributed by atoms with Gasteiger partial charge in [-0.2, -0.15) is 0 Å². The second kappa shape index (κ2) is 5.17. The maximum absolute atomic E-state index is 4.22. The van der Waals surface area contributed by atoms with Crippen LogP contribution in [0.4, 0.5) is 5.69 Å². The van der Waals surface area contributed by atoms with Gasteiger partial charge in [0.15, 0.2) is 0 Å². The fraction of sp³-hybridized carbons (Fsp3) is 0.529. The first-order chi connectivity index (χ1) is 8.52. The first-order valence-electron chi connectivity index (χ1n) is 7.11. The summed E-state index contributed by atoms with van der Waals surface area (Å²) in [6, 6.07) is 6.77. The van der Waals surface area contributed by atoms with Gasteiger partial charge >= 0.3 is 0 Å². The number of unbranched alkanes of at least 4 members (excludes halogenated alkanes) is 1. The molecule has 1 N–H and O–H groups in total. The van der Waals surface area contributed by atoms with Crippen LogP contribution in [0.15, 0.2) is 24.8 Å². The lowest BCUT2D eigenvalue weighted by atomic mass is 9.88. The first kappa shape index (κ1) is 13.2. The Morgan fingerprint density at radius 1 is 1.39 bits per heavy atom. The van der Waals surface area contributed by atoms with Crippen LogP contribution in [0.5, 0.6) is 0 Å². The van der Waals surface area contributed by atoms with Crippen LogP contribution in [0.3, 0.4) is 0 Å². The molecule has 0 saturated heterocycles. The van der Waals surface area contributed by atoms with Crippen molar-refractivity contribution in [2.24, 2.45) is 0 Å². The molecule has 1 heteroatoms. The zero-order chi connectivity index (χ0) is 13.2. The third-order valence-electron chi connectivity index (χ3n) is 3.84. The number of rotatable bonds is 4. The van der Waals surface area contributed by atoms with Crippen LogP contribution in [0.1, 0.15) is 57.6 Å². The minimum Gasteiger partial charge on any atom is -0.380 e. The Hall–Kier alpha value is -1.24. The molecule has 0 atom stereocenters. The maximum Gasteiger partial charge on any atom is 0.0377 e. The molecule has 0 bridgehead atoms. The summed E-state index contributed by atoms with van der Waals surface area (Å²) in [5, 5.41) is 3.62.